The molecule has 60 valence electrons. The lowest BCUT2D eigenvalue weighted by Gasteiger charge is -2.03. The summed E-state index contributed by atoms with van der Waals surface area (Å²) < 4.78 is 0. The summed E-state index contributed by atoms with van der Waals surface area (Å²) in [5.74, 6) is 0. The summed E-state index contributed by atoms with van der Waals surface area (Å²) in [7, 11) is 0. The largest absolute Gasteiger partial charge is 0.276 e. The van der Waals surface area contributed by atoms with Crippen LogP contribution in [0.1, 0.15) is 12.5 Å². The van der Waals surface area contributed by atoms with Gasteiger partial charge in [-0.2, -0.15) is 0 Å². The number of nitrogens with one attached hydrogen (secondary N) is 1. The Morgan fingerprint density at radius 2 is 1.91 bits per heavy atom. The molecule has 0 amide bonds. The smallest absolute Gasteiger partial charge is 0.0717 e. The van der Waals surface area contributed by atoms with Gasteiger partial charge in [-0.3, -0.25) is 10.3 Å². The molecule has 2 heteroatoms. The molecule has 0 atom stereocenters. The Morgan fingerprint density at radius 3 is 2.45 bits per heavy atom. The third-order valence-electron chi connectivity index (χ3n) is 1.39. The Balaban J connectivity index is 2.52. The Kier molecular flexibility index (Phi) is 2.93. The van der Waals surface area contributed by atoms with Gasteiger partial charge in [-0.05, 0) is 26.0 Å². The van der Waals surface area contributed by atoms with Gasteiger partial charge in [0.25, 0.3) is 0 Å². The van der Waals surface area contributed by atoms with E-state index in [1.165, 1.54) is 5.56 Å². The summed E-state index contributed by atoms with van der Waals surface area (Å²) in [5.41, 5.74) is 5.08. The van der Waals surface area contributed by atoms with Crippen molar-refractivity contribution in [3.8, 4) is 0 Å². The average molecular weight is 151 g/mol. The molecule has 0 unspecified atom stereocenters. The summed E-state index contributed by atoms with van der Waals surface area (Å²) in [6, 6.07) is 8.07. The van der Waals surface area contributed by atoms with Gasteiger partial charge in [-0.1, -0.05) is 17.7 Å². The molecule has 1 N–H and O–H groups in total. The molecule has 0 radical (unpaired) electrons. The molecule has 0 saturated heterocycles. The quantitative estimate of drug-likeness (QED) is 0.669. The van der Waals surface area contributed by atoms with Crippen molar-refractivity contribution in [1.82, 2.24) is 0 Å². The summed E-state index contributed by atoms with van der Waals surface area (Å²) in [6.07, 6.45) is 0. The molecule has 0 aliphatic heterocycles. The zero-order chi connectivity index (χ0) is 8.10. The minimum atomic E-state index is 0.674. The number of hydrogen-bond donors (Lipinski definition) is 1. The number of benzene rings is 1. The molecule has 1 rings (SSSR count). The summed E-state index contributed by atoms with van der Waals surface area (Å²) in [6.45, 7) is 4.68. The first-order chi connectivity index (χ1) is 5.33. The Labute approximate surface area is 67.1 Å². The van der Waals surface area contributed by atoms with E-state index in [4.69, 9.17) is 4.84 Å². The second-order valence-corrected chi connectivity index (χ2v) is 2.40. The van der Waals surface area contributed by atoms with Crippen LogP contribution in [0.3, 0.4) is 0 Å². The van der Waals surface area contributed by atoms with Crippen LogP contribution >= 0.6 is 0 Å². The first-order valence-corrected chi connectivity index (χ1v) is 3.77. The van der Waals surface area contributed by atoms with E-state index in [1.54, 1.807) is 0 Å². The number of anilines is 1. The first kappa shape index (κ1) is 8.08. The van der Waals surface area contributed by atoms with E-state index in [2.05, 4.69) is 12.4 Å². The summed E-state index contributed by atoms with van der Waals surface area (Å²) >= 11 is 0. The van der Waals surface area contributed by atoms with Crippen molar-refractivity contribution in [3.05, 3.63) is 29.8 Å². The van der Waals surface area contributed by atoms with Crippen LogP contribution in [0, 0.1) is 6.92 Å². The lowest BCUT2D eigenvalue weighted by molar-refractivity contribution is 0.210. The molecule has 0 aliphatic carbocycles. The van der Waals surface area contributed by atoms with E-state index in [9.17, 15) is 0 Å². The van der Waals surface area contributed by atoms with Crippen molar-refractivity contribution in [2.75, 3.05) is 12.1 Å². The van der Waals surface area contributed by atoms with Crippen molar-refractivity contribution >= 4 is 5.69 Å². The molecule has 0 aromatic heterocycles. The average Bonchev–Trinajstić information content (AvgIpc) is 2.04. The van der Waals surface area contributed by atoms with E-state index in [1.807, 2.05) is 31.2 Å². The predicted octanol–water partition coefficient (Wildman–Crippen LogP) is 2.36. The van der Waals surface area contributed by atoms with Crippen molar-refractivity contribution in [1.29, 1.82) is 0 Å². The maximum absolute atomic E-state index is 5.01. The van der Waals surface area contributed by atoms with E-state index < -0.39 is 0 Å². The van der Waals surface area contributed by atoms with Crippen LogP contribution in [0.25, 0.3) is 0 Å². The lowest BCUT2D eigenvalue weighted by atomic mass is 10.2. The van der Waals surface area contributed by atoms with Crippen molar-refractivity contribution in [2.24, 2.45) is 0 Å². The van der Waals surface area contributed by atoms with Gasteiger partial charge >= 0.3 is 0 Å². The molecule has 2 nitrogen and oxygen atoms in total. The second kappa shape index (κ2) is 3.98. The van der Waals surface area contributed by atoms with Crippen LogP contribution in [0.5, 0.6) is 0 Å². The van der Waals surface area contributed by atoms with Gasteiger partial charge in [-0.15, -0.1) is 0 Å². The molecule has 11 heavy (non-hydrogen) atoms. The van der Waals surface area contributed by atoms with Crippen molar-refractivity contribution in [3.63, 3.8) is 0 Å². The Hall–Kier alpha value is -1.02. The minimum absolute atomic E-state index is 0.674. The second-order valence-electron chi connectivity index (χ2n) is 2.40. The highest BCUT2D eigenvalue weighted by Crippen LogP contribution is 2.07. The standard InChI is InChI=1S/C9H13NO/c1-3-11-10-9-6-4-8(2)5-7-9/h4-7,10H,3H2,1-2H3. The fraction of sp³-hybridized carbons (Fsp3) is 0.333. The maximum atomic E-state index is 5.01. The van der Waals surface area contributed by atoms with Gasteiger partial charge < -0.3 is 0 Å². The number of aryl methyl sites for hydroxylation is 1. The Bertz CT molecular complexity index is 205. The van der Waals surface area contributed by atoms with Crippen LogP contribution in [0.2, 0.25) is 0 Å². The van der Waals surface area contributed by atoms with Crippen LogP contribution in [0.15, 0.2) is 24.3 Å². The van der Waals surface area contributed by atoms with Gasteiger partial charge in [0.2, 0.25) is 0 Å². The van der Waals surface area contributed by atoms with Gasteiger partial charge in [0, 0.05) is 0 Å². The van der Waals surface area contributed by atoms with Gasteiger partial charge in [0.15, 0.2) is 0 Å². The molecule has 0 aliphatic rings. The number of rotatable bonds is 3. The topological polar surface area (TPSA) is 21.3 Å². The highest BCUT2D eigenvalue weighted by molar-refractivity contribution is 5.42. The maximum Gasteiger partial charge on any atom is 0.0717 e. The molecule has 0 bridgehead atoms. The zero-order valence-corrected chi connectivity index (χ0v) is 6.92. The molecular weight excluding hydrogens is 138 g/mol. The fourth-order valence-electron chi connectivity index (χ4n) is 0.777. The Morgan fingerprint density at radius 1 is 1.27 bits per heavy atom. The molecular formula is C9H13NO. The van der Waals surface area contributed by atoms with Gasteiger partial charge in [0.1, 0.15) is 0 Å². The van der Waals surface area contributed by atoms with Crippen LogP contribution in [-0.2, 0) is 4.84 Å². The molecule has 1 aromatic carbocycles. The highest BCUT2D eigenvalue weighted by Gasteiger charge is 1.88. The van der Waals surface area contributed by atoms with Crippen molar-refractivity contribution < 1.29 is 4.84 Å². The van der Waals surface area contributed by atoms with E-state index in [0.717, 1.165) is 5.69 Å². The van der Waals surface area contributed by atoms with Gasteiger partial charge in [0.05, 0.1) is 12.3 Å². The van der Waals surface area contributed by atoms with E-state index in [0.29, 0.717) is 6.61 Å². The highest BCUT2D eigenvalue weighted by atomic mass is 16.6. The predicted molar refractivity (Wildman–Crippen MR) is 46.4 cm³/mol. The molecule has 0 spiro atoms. The van der Waals surface area contributed by atoms with Crippen molar-refractivity contribution in [2.45, 2.75) is 13.8 Å². The first-order valence-electron chi connectivity index (χ1n) is 3.77. The lowest BCUT2D eigenvalue weighted by Crippen LogP contribution is -1.99. The molecule has 0 fully saturated rings. The zero-order valence-electron chi connectivity index (χ0n) is 6.92. The molecule has 1 aromatic rings. The third-order valence-corrected chi connectivity index (χ3v) is 1.39. The third kappa shape index (κ3) is 2.60. The molecule has 0 saturated carbocycles. The van der Waals surface area contributed by atoms with E-state index in [-0.39, 0.29) is 0 Å². The summed E-state index contributed by atoms with van der Waals surface area (Å²) in [5, 5.41) is 0. The normalized spacial score (nSPS) is 9.64. The minimum Gasteiger partial charge on any atom is -0.276 e. The number of hydrogen-bond acceptors (Lipinski definition) is 2. The van der Waals surface area contributed by atoms with Crippen LogP contribution in [0.4, 0.5) is 5.69 Å². The summed E-state index contributed by atoms with van der Waals surface area (Å²) in [4.78, 5) is 5.01. The van der Waals surface area contributed by atoms with Gasteiger partial charge in [-0.25, -0.2) is 0 Å². The fourth-order valence-corrected chi connectivity index (χ4v) is 0.777. The van der Waals surface area contributed by atoms with Crippen LogP contribution in [-0.4, -0.2) is 6.61 Å². The van der Waals surface area contributed by atoms with E-state index >= 15 is 0 Å². The molecule has 0 heterocycles. The SMILES string of the molecule is CCONc1ccc(C)cc1. The van der Waals surface area contributed by atoms with Crippen LogP contribution < -0.4 is 5.48 Å². The monoisotopic (exact) mass is 151 g/mol.